The lowest BCUT2D eigenvalue weighted by Crippen LogP contribution is -2.49. The quantitative estimate of drug-likeness (QED) is 0.0173. The molecule has 1 fully saturated rings. The molecule has 7 rings (SSSR count). The lowest BCUT2D eigenvalue weighted by molar-refractivity contribution is -0.171. The van der Waals surface area contributed by atoms with E-state index in [-0.39, 0.29) is 37.8 Å². The van der Waals surface area contributed by atoms with Crippen LogP contribution in [0.1, 0.15) is 147 Å². The maximum absolute atomic E-state index is 15.8. The summed E-state index contributed by atoms with van der Waals surface area (Å²) in [6.45, 7) is 10.7. The first kappa shape index (κ1) is 75.3. The Labute approximate surface area is 551 Å². The fourth-order valence-corrected chi connectivity index (χ4v) is 11.4. The standard InChI is InChI=1S/C62H67ClF10N8O13S2/c1-56(2,3)92-47(85)20-22-78(43(55(87)94-58(7,8)9)28-48(86)93-57(4,5)6)45(83)17-18-46(84)81(95(88)89)29-42-50-40(63)16-15-37(52(50)80(76-42)31-60(66,67)68)36-14-13-35(19-21-59(10,11)96(12,90)91)74-51(36)41(25-32-23-33(64)26-34(65)24-32)75-44(82)30-79-54-49(53(77-79)62(71,72)73)38-27-39(38)61(54,69)70/h13-18,23-24,26,38-39,41,43,95H,20,22,25,27-31H2,1-12H3,(H,75,82)/b18-17+/t38-,39+,41-,43-/m0/s1. The minimum atomic E-state index is -5.27. The number of fused-ring (bicyclic) bond motifs is 4. The van der Waals surface area contributed by atoms with Gasteiger partial charge in [-0.1, -0.05) is 23.6 Å². The van der Waals surface area contributed by atoms with Crippen molar-refractivity contribution in [3.05, 3.63) is 111 Å². The summed E-state index contributed by atoms with van der Waals surface area (Å²) in [5, 5.41) is 8.92. The number of alkyl halides is 8. The number of thiol groups is 1. The van der Waals surface area contributed by atoms with Crippen LogP contribution in [-0.2, 0) is 102 Å². The number of carbonyl (C=O) groups excluding carboxylic acids is 6. The first-order chi connectivity index (χ1) is 43.8. The van der Waals surface area contributed by atoms with E-state index >= 15 is 17.6 Å². The van der Waals surface area contributed by atoms with Crippen molar-refractivity contribution >= 4 is 78.9 Å². The molecular weight excluding hydrogens is 1350 g/mol. The van der Waals surface area contributed by atoms with Crippen molar-refractivity contribution < 1.29 is 104 Å². The van der Waals surface area contributed by atoms with E-state index in [2.05, 4.69) is 32.3 Å². The zero-order chi connectivity index (χ0) is 72.1. The molecule has 4 atom stereocenters. The zero-order valence-corrected chi connectivity index (χ0v) is 56.1. The second kappa shape index (κ2) is 27.4. The number of nitrogens with one attached hydrogen (secondary N) is 1. The van der Waals surface area contributed by atoms with Crippen LogP contribution >= 0.6 is 11.6 Å². The van der Waals surface area contributed by atoms with E-state index in [9.17, 15) is 71.9 Å². The third-order valence-electron chi connectivity index (χ3n) is 14.6. The highest BCUT2D eigenvalue weighted by atomic mass is 35.5. The van der Waals surface area contributed by atoms with Gasteiger partial charge in [-0.3, -0.25) is 33.3 Å². The van der Waals surface area contributed by atoms with Gasteiger partial charge in [-0.15, -0.1) is 0 Å². The van der Waals surface area contributed by atoms with Gasteiger partial charge in [-0.25, -0.2) is 39.7 Å². The molecule has 2 aromatic carbocycles. The number of ether oxygens (including phenoxy) is 3. The van der Waals surface area contributed by atoms with Crippen LogP contribution in [0.15, 0.2) is 54.6 Å². The number of hydrogen-bond acceptors (Lipinski definition) is 16. The number of halogens is 11. The van der Waals surface area contributed by atoms with Gasteiger partial charge in [-0.2, -0.15) is 45.3 Å². The number of aromatic nitrogens is 5. The van der Waals surface area contributed by atoms with E-state index in [1.54, 1.807) is 0 Å². The Hall–Kier alpha value is -8.12. The third-order valence-corrected chi connectivity index (χ3v) is 17.6. The van der Waals surface area contributed by atoms with Crippen LogP contribution < -0.4 is 5.32 Å². The van der Waals surface area contributed by atoms with Gasteiger partial charge >= 0.3 is 30.3 Å². The number of sulfone groups is 1. The van der Waals surface area contributed by atoms with Crippen LogP contribution in [0.2, 0.25) is 5.02 Å². The first-order valence-electron chi connectivity index (χ1n) is 29.2. The minimum absolute atomic E-state index is 0.0204. The van der Waals surface area contributed by atoms with Crippen LogP contribution in [0.25, 0.3) is 22.0 Å². The van der Waals surface area contributed by atoms with Crippen molar-refractivity contribution in [3.8, 4) is 23.0 Å². The molecule has 3 aromatic heterocycles. The highest BCUT2D eigenvalue weighted by Crippen LogP contribution is 2.68. The van der Waals surface area contributed by atoms with Gasteiger partial charge in [0.1, 0.15) is 63.7 Å². The Morgan fingerprint density at radius 3 is 1.96 bits per heavy atom. The van der Waals surface area contributed by atoms with E-state index in [4.69, 9.17) is 25.8 Å². The van der Waals surface area contributed by atoms with Crippen molar-refractivity contribution in [2.24, 2.45) is 5.92 Å². The fraction of sp³-hybridized carbons (Fsp3) is 0.500. The van der Waals surface area contributed by atoms with Crippen LogP contribution in [-0.4, -0.2) is 133 Å². The Bertz CT molecular complexity index is 4200. The topological polar surface area (TPSA) is 265 Å². The second-order valence-electron chi connectivity index (χ2n) is 26.3. The average molecular weight is 1420 g/mol. The molecule has 0 bridgehead atoms. The number of benzene rings is 2. The molecule has 21 nitrogen and oxygen atoms in total. The molecular formula is C62H67ClF10N8O13S2. The lowest BCUT2D eigenvalue weighted by Gasteiger charge is -2.32. The summed E-state index contributed by atoms with van der Waals surface area (Å²) in [7, 11) is -8.14. The highest BCUT2D eigenvalue weighted by molar-refractivity contribution is 7.92. The van der Waals surface area contributed by atoms with Gasteiger partial charge in [-0.05, 0) is 137 Å². The maximum Gasteiger partial charge on any atom is 0.435 e. The fourth-order valence-electron chi connectivity index (χ4n) is 10.4. The van der Waals surface area contributed by atoms with Crippen LogP contribution in [0.3, 0.4) is 0 Å². The van der Waals surface area contributed by atoms with Crippen molar-refractivity contribution in [3.63, 3.8) is 0 Å². The van der Waals surface area contributed by atoms with Gasteiger partial charge in [0.05, 0.1) is 47.4 Å². The normalized spacial score (nSPS) is 16.3. The first-order valence-corrected chi connectivity index (χ1v) is 32.6. The van der Waals surface area contributed by atoms with Gasteiger partial charge in [0.25, 0.3) is 11.8 Å². The molecule has 5 aromatic rings. The molecule has 522 valence electrons. The third kappa shape index (κ3) is 18.5. The number of nitrogens with zero attached hydrogens (tertiary/aromatic N) is 7. The number of hydrogen-bond donors (Lipinski definition) is 2. The van der Waals surface area contributed by atoms with E-state index in [0.29, 0.717) is 27.8 Å². The van der Waals surface area contributed by atoms with E-state index in [1.165, 1.54) is 76.2 Å². The molecule has 1 N–H and O–H groups in total. The molecule has 0 unspecified atom stereocenters. The van der Waals surface area contributed by atoms with Gasteiger partial charge in [0.2, 0.25) is 22.7 Å². The van der Waals surface area contributed by atoms with E-state index < -0.39 is 221 Å². The minimum Gasteiger partial charge on any atom is -0.460 e. The van der Waals surface area contributed by atoms with Crippen molar-refractivity contribution in [2.45, 2.75) is 179 Å². The molecule has 2 aliphatic carbocycles. The Morgan fingerprint density at radius 1 is 0.812 bits per heavy atom. The average Bonchev–Trinajstić information content (AvgIpc) is 1.52. The predicted octanol–water partition coefficient (Wildman–Crippen LogP) is 9.71. The van der Waals surface area contributed by atoms with Crippen LogP contribution in [0.5, 0.6) is 0 Å². The smallest absolute Gasteiger partial charge is 0.435 e. The highest BCUT2D eigenvalue weighted by Gasteiger charge is 2.68. The molecule has 1 saturated carbocycles. The van der Waals surface area contributed by atoms with Gasteiger partial charge in [0, 0.05) is 59.0 Å². The SMILES string of the molecule is CC(C)(C)OC(=O)CCN(C(=O)/C=C/C(=O)N(Cc1nn(CC(F)(F)F)c2c(-c3ccc(C#CC(C)(C)S(C)(=O)=O)nc3[C@H](Cc3cc(F)cc(F)c3)NC(=O)Cn3nc(C(F)(F)F)c4c3C(F)(F)[C@@H]3C[C@H]43)ccc(Cl)c12)[SH](=O)=O)[C@@H](CC(=O)OC(C)(C)C)C(=O)OC(C)(C)C. The summed E-state index contributed by atoms with van der Waals surface area (Å²) in [4.78, 5) is 88.2. The summed E-state index contributed by atoms with van der Waals surface area (Å²) < 4.78 is 216. The molecule has 0 radical (unpaired) electrons. The molecule has 3 heterocycles. The predicted molar refractivity (Wildman–Crippen MR) is 325 cm³/mol. The number of amides is 3. The van der Waals surface area contributed by atoms with E-state index in [0.717, 1.165) is 42.7 Å². The van der Waals surface area contributed by atoms with Crippen molar-refractivity contribution in [1.82, 2.24) is 39.1 Å². The van der Waals surface area contributed by atoms with Crippen molar-refractivity contribution in [2.75, 3.05) is 12.8 Å². The van der Waals surface area contributed by atoms with Gasteiger partial charge in [0.15, 0.2) is 15.5 Å². The summed E-state index contributed by atoms with van der Waals surface area (Å²) in [5.41, 5.74) is -10.3. The summed E-state index contributed by atoms with van der Waals surface area (Å²) >= 11 is 6.77. The van der Waals surface area contributed by atoms with Gasteiger partial charge < -0.3 is 24.4 Å². The van der Waals surface area contributed by atoms with E-state index in [1.807, 2.05) is 0 Å². The summed E-state index contributed by atoms with van der Waals surface area (Å²) in [6, 6.07) is 2.70. The summed E-state index contributed by atoms with van der Waals surface area (Å²) in [6.07, 6.45) is -11.3. The molecule has 3 amide bonds. The molecule has 34 heteroatoms. The largest absolute Gasteiger partial charge is 0.460 e. The molecule has 0 spiro atoms. The monoisotopic (exact) mass is 1420 g/mol. The Balaban J connectivity index is 1.38. The second-order valence-corrected chi connectivity index (χ2v) is 30.2. The molecule has 96 heavy (non-hydrogen) atoms. The summed E-state index contributed by atoms with van der Waals surface area (Å²) in [5.74, 6) is -11.3. The Morgan fingerprint density at radius 2 is 1.40 bits per heavy atom. The molecule has 0 aliphatic heterocycles. The number of pyridine rings is 1. The number of esters is 3. The van der Waals surface area contributed by atoms with Crippen molar-refractivity contribution in [1.29, 1.82) is 0 Å². The van der Waals surface area contributed by atoms with Crippen LogP contribution in [0.4, 0.5) is 43.9 Å². The zero-order valence-electron chi connectivity index (χ0n) is 53.6. The maximum atomic E-state index is 15.8. The van der Waals surface area contributed by atoms with Crippen LogP contribution in [0, 0.1) is 29.4 Å². The number of carbonyl (C=O) groups is 6. The lowest BCUT2D eigenvalue weighted by atomic mass is 9.93. The molecule has 0 saturated heterocycles. The number of rotatable bonds is 21. The Kier molecular flexibility index (Phi) is 21.5. The molecule has 2 aliphatic rings.